The van der Waals surface area contributed by atoms with Crippen molar-refractivity contribution in [1.82, 2.24) is 0 Å². The largest absolute Gasteiger partial charge is 0.321 e. The van der Waals surface area contributed by atoms with Crippen LogP contribution in [0.25, 0.3) is 0 Å². The molecule has 0 heterocycles. The molecule has 1 amide bonds. The Hall–Kier alpha value is -1.90. The number of nitriles is 1. The van der Waals surface area contributed by atoms with Gasteiger partial charge < -0.3 is 5.32 Å². The van der Waals surface area contributed by atoms with Crippen LogP contribution in [-0.4, -0.2) is 5.91 Å². The number of benzene rings is 2. The van der Waals surface area contributed by atoms with E-state index in [9.17, 15) is 9.18 Å². The quantitative estimate of drug-likeness (QED) is 0.872. The summed E-state index contributed by atoms with van der Waals surface area (Å²) in [6, 6.07) is 10.1. The number of hydrogen-bond donors (Lipinski definition) is 1. The summed E-state index contributed by atoms with van der Waals surface area (Å²) in [6.45, 7) is 0. The van der Waals surface area contributed by atoms with Crippen molar-refractivity contribution in [3.63, 3.8) is 0 Å². The molecule has 1 N–H and O–H groups in total. The number of anilines is 1. The standard InChI is InChI=1S/C14H7BrClFN2O/c15-10-3-8(4-11(16)6-10)14(20)19-13-2-1-12(17)5-9(13)7-18/h1-6H,(H,19,20). The number of amides is 1. The van der Waals surface area contributed by atoms with E-state index in [4.69, 9.17) is 16.9 Å². The van der Waals surface area contributed by atoms with Gasteiger partial charge in [0.2, 0.25) is 0 Å². The minimum atomic E-state index is -0.537. The SMILES string of the molecule is N#Cc1cc(F)ccc1NC(=O)c1cc(Cl)cc(Br)c1. The highest BCUT2D eigenvalue weighted by atomic mass is 79.9. The Balaban J connectivity index is 2.30. The molecule has 0 radical (unpaired) electrons. The van der Waals surface area contributed by atoms with E-state index in [2.05, 4.69) is 21.2 Å². The molecular weight excluding hydrogens is 347 g/mol. The van der Waals surface area contributed by atoms with Crippen LogP contribution >= 0.6 is 27.5 Å². The van der Waals surface area contributed by atoms with Gasteiger partial charge in [0.25, 0.3) is 5.91 Å². The van der Waals surface area contributed by atoms with Crippen molar-refractivity contribution in [3.05, 3.63) is 62.8 Å². The van der Waals surface area contributed by atoms with E-state index in [0.717, 1.165) is 6.07 Å². The predicted molar refractivity (Wildman–Crippen MR) is 78.2 cm³/mol. The number of nitrogens with one attached hydrogen (secondary N) is 1. The third-order valence-electron chi connectivity index (χ3n) is 2.48. The molecule has 0 aromatic heterocycles. The van der Waals surface area contributed by atoms with Gasteiger partial charge in [-0.25, -0.2) is 4.39 Å². The van der Waals surface area contributed by atoms with Gasteiger partial charge in [0.1, 0.15) is 11.9 Å². The van der Waals surface area contributed by atoms with E-state index in [-0.39, 0.29) is 11.3 Å². The predicted octanol–water partition coefficient (Wildman–Crippen LogP) is 4.37. The molecule has 0 aliphatic carbocycles. The number of nitrogens with zero attached hydrogens (tertiary/aromatic N) is 1. The fourth-order valence-corrected chi connectivity index (χ4v) is 2.46. The average Bonchev–Trinajstić information content (AvgIpc) is 2.39. The number of carbonyl (C=O) groups is 1. The van der Waals surface area contributed by atoms with Gasteiger partial charge in [-0.2, -0.15) is 5.26 Å². The Kier molecular flexibility index (Phi) is 4.38. The monoisotopic (exact) mass is 352 g/mol. The number of halogens is 3. The van der Waals surface area contributed by atoms with Gasteiger partial charge >= 0.3 is 0 Å². The Labute approximate surface area is 128 Å². The number of rotatable bonds is 2. The Bertz CT molecular complexity index is 707. The van der Waals surface area contributed by atoms with Gasteiger partial charge in [0.15, 0.2) is 0 Å². The first kappa shape index (κ1) is 14.5. The first-order valence-corrected chi connectivity index (χ1v) is 6.64. The van der Waals surface area contributed by atoms with Gasteiger partial charge in [0.05, 0.1) is 11.3 Å². The molecule has 0 bridgehead atoms. The van der Waals surface area contributed by atoms with E-state index >= 15 is 0 Å². The van der Waals surface area contributed by atoms with Crippen LogP contribution in [0.1, 0.15) is 15.9 Å². The van der Waals surface area contributed by atoms with Crippen LogP contribution in [0.3, 0.4) is 0 Å². The third kappa shape index (κ3) is 3.35. The maximum absolute atomic E-state index is 13.0. The second-order valence-corrected chi connectivity index (χ2v) is 5.27. The van der Waals surface area contributed by atoms with E-state index in [1.807, 2.05) is 6.07 Å². The molecule has 2 aromatic carbocycles. The van der Waals surface area contributed by atoms with E-state index in [1.54, 1.807) is 12.1 Å². The highest BCUT2D eigenvalue weighted by Gasteiger charge is 2.11. The Morgan fingerprint density at radius 3 is 2.70 bits per heavy atom. The normalized spacial score (nSPS) is 9.90. The second-order valence-electron chi connectivity index (χ2n) is 3.91. The molecule has 0 atom stereocenters. The third-order valence-corrected chi connectivity index (χ3v) is 3.15. The zero-order chi connectivity index (χ0) is 14.7. The summed E-state index contributed by atoms with van der Waals surface area (Å²) in [4.78, 5) is 12.1. The van der Waals surface area contributed by atoms with Gasteiger partial charge in [0, 0.05) is 15.1 Å². The molecule has 0 unspecified atom stereocenters. The van der Waals surface area contributed by atoms with Gasteiger partial charge in [-0.05, 0) is 36.4 Å². The summed E-state index contributed by atoms with van der Waals surface area (Å²) in [6.07, 6.45) is 0. The van der Waals surface area contributed by atoms with Gasteiger partial charge in [-0.3, -0.25) is 4.79 Å². The van der Waals surface area contributed by atoms with Crippen molar-refractivity contribution in [1.29, 1.82) is 5.26 Å². The molecule has 2 rings (SSSR count). The highest BCUT2D eigenvalue weighted by molar-refractivity contribution is 9.10. The maximum Gasteiger partial charge on any atom is 0.255 e. The van der Waals surface area contributed by atoms with Gasteiger partial charge in [-0.15, -0.1) is 0 Å². The Morgan fingerprint density at radius 1 is 1.30 bits per heavy atom. The lowest BCUT2D eigenvalue weighted by Gasteiger charge is -2.08. The fourth-order valence-electron chi connectivity index (χ4n) is 1.60. The molecule has 0 spiro atoms. The van der Waals surface area contributed by atoms with Crippen LogP contribution in [0.15, 0.2) is 40.9 Å². The van der Waals surface area contributed by atoms with Crippen LogP contribution in [0.2, 0.25) is 5.02 Å². The molecule has 6 heteroatoms. The lowest BCUT2D eigenvalue weighted by Crippen LogP contribution is -2.13. The number of carbonyl (C=O) groups excluding carboxylic acids is 1. The maximum atomic E-state index is 13.0. The molecule has 2 aromatic rings. The van der Waals surface area contributed by atoms with Crippen molar-refractivity contribution >= 4 is 39.1 Å². The van der Waals surface area contributed by atoms with Crippen LogP contribution in [0, 0.1) is 17.1 Å². The summed E-state index contributed by atoms with van der Waals surface area (Å²) in [5.41, 5.74) is 0.632. The average molecular weight is 354 g/mol. The summed E-state index contributed by atoms with van der Waals surface area (Å²) < 4.78 is 13.7. The molecule has 0 aliphatic heterocycles. The van der Waals surface area contributed by atoms with Crippen LogP contribution < -0.4 is 5.32 Å². The Morgan fingerprint density at radius 2 is 2.05 bits per heavy atom. The highest BCUT2D eigenvalue weighted by Crippen LogP contribution is 2.22. The molecule has 0 fully saturated rings. The summed E-state index contributed by atoms with van der Waals surface area (Å²) >= 11 is 9.10. The molecule has 100 valence electrons. The molecular formula is C14H7BrClFN2O. The molecule has 0 aliphatic rings. The lowest BCUT2D eigenvalue weighted by molar-refractivity contribution is 0.102. The molecule has 3 nitrogen and oxygen atoms in total. The van der Waals surface area contributed by atoms with Crippen molar-refractivity contribution in [2.24, 2.45) is 0 Å². The van der Waals surface area contributed by atoms with Crippen LogP contribution in [0.5, 0.6) is 0 Å². The lowest BCUT2D eigenvalue weighted by atomic mass is 10.1. The first-order chi connectivity index (χ1) is 9.49. The summed E-state index contributed by atoms with van der Waals surface area (Å²) in [7, 11) is 0. The van der Waals surface area contributed by atoms with Crippen molar-refractivity contribution in [2.75, 3.05) is 5.32 Å². The van der Waals surface area contributed by atoms with Crippen molar-refractivity contribution < 1.29 is 9.18 Å². The molecule has 0 saturated carbocycles. The van der Waals surface area contributed by atoms with Gasteiger partial charge in [-0.1, -0.05) is 27.5 Å². The van der Waals surface area contributed by atoms with E-state index < -0.39 is 11.7 Å². The smallest absolute Gasteiger partial charge is 0.255 e. The topological polar surface area (TPSA) is 52.9 Å². The van der Waals surface area contributed by atoms with Crippen molar-refractivity contribution in [2.45, 2.75) is 0 Å². The fraction of sp³-hybridized carbons (Fsp3) is 0. The first-order valence-electron chi connectivity index (χ1n) is 5.46. The zero-order valence-electron chi connectivity index (χ0n) is 9.95. The number of hydrogen-bond acceptors (Lipinski definition) is 2. The minimum absolute atomic E-state index is 0.0550. The van der Waals surface area contributed by atoms with Crippen molar-refractivity contribution in [3.8, 4) is 6.07 Å². The summed E-state index contributed by atoms with van der Waals surface area (Å²) in [5, 5.41) is 11.9. The van der Waals surface area contributed by atoms with Crippen LogP contribution in [-0.2, 0) is 0 Å². The van der Waals surface area contributed by atoms with E-state index in [1.165, 1.54) is 18.2 Å². The van der Waals surface area contributed by atoms with Crippen LogP contribution in [0.4, 0.5) is 10.1 Å². The minimum Gasteiger partial charge on any atom is -0.321 e. The molecule has 0 saturated heterocycles. The van der Waals surface area contributed by atoms with E-state index in [0.29, 0.717) is 15.1 Å². The zero-order valence-corrected chi connectivity index (χ0v) is 12.3. The molecule has 20 heavy (non-hydrogen) atoms. The second kappa shape index (κ2) is 6.04. The summed E-state index contributed by atoms with van der Waals surface area (Å²) in [5.74, 6) is -0.971.